The van der Waals surface area contributed by atoms with Crippen molar-refractivity contribution in [2.75, 3.05) is 17.7 Å². The minimum absolute atomic E-state index is 0.273. The summed E-state index contributed by atoms with van der Waals surface area (Å²) in [5.41, 5.74) is 6.17. The second kappa shape index (κ2) is 10.0. The zero-order valence-corrected chi connectivity index (χ0v) is 19.2. The molecule has 0 aliphatic rings. The van der Waals surface area contributed by atoms with Crippen molar-refractivity contribution >= 4 is 23.3 Å². The van der Waals surface area contributed by atoms with Crippen molar-refractivity contribution in [2.24, 2.45) is 0 Å². The summed E-state index contributed by atoms with van der Waals surface area (Å²) in [7, 11) is 1.38. The highest BCUT2D eigenvalue weighted by Crippen LogP contribution is 2.28. The molecule has 3 aromatic carbocycles. The Morgan fingerprint density at radius 3 is 2.41 bits per heavy atom. The third-order valence-electron chi connectivity index (χ3n) is 5.59. The van der Waals surface area contributed by atoms with Gasteiger partial charge in [-0.05, 0) is 48.2 Å². The van der Waals surface area contributed by atoms with E-state index in [1.165, 1.54) is 13.3 Å². The van der Waals surface area contributed by atoms with Gasteiger partial charge in [-0.1, -0.05) is 59.8 Å². The van der Waals surface area contributed by atoms with Gasteiger partial charge in [0, 0.05) is 6.54 Å². The number of carbonyl (C=O) groups excluding carboxylic acids is 2. The van der Waals surface area contributed by atoms with Crippen LogP contribution >= 0.6 is 0 Å². The van der Waals surface area contributed by atoms with Gasteiger partial charge in [-0.25, -0.2) is 4.79 Å². The number of para-hydroxylation sites is 1. The van der Waals surface area contributed by atoms with Gasteiger partial charge in [-0.15, -0.1) is 0 Å². The molecule has 0 unspecified atom stereocenters. The molecule has 34 heavy (non-hydrogen) atoms. The first kappa shape index (κ1) is 22.8. The molecular weight excluding hydrogens is 430 g/mol. The van der Waals surface area contributed by atoms with Crippen molar-refractivity contribution in [1.82, 2.24) is 5.16 Å². The summed E-state index contributed by atoms with van der Waals surface area (Å²) < 4.78 is 9.91. The number of ether oxygens (including phenoxy) is 1. The molecule has 0 aliphatic heterocycles. The van der Waals surface area contributed by atoms with E-state index in [1.807, 2.05) is 67.6 Å². The van der Waals surface area contributed by atoms with Crippen molar-refractivity contribution < 1.29 is 18.8 Å². The first-order valence-electron chi connectivity index (χ1n) is 10.8. The molecule has 1 aromatic heterocycles. The number of carbonyl (C=O) groups is 2. The largest absolute Gasteiger partial charge is 0.465 e. The van der Waals surface area contributed by atoms with Crippen LogP contribution in [0.4, 0.5) is 11.4 Å². The van der Waals surface area contributed by atoms with E-state index in [9.17, 15) is 9.59 Å². The van der Waals surface area contributed by atoms with Crippen LogP contribution in [-0.2, 0) is 11.3 Å². The number of benzene rings is 3. The second-order valence-electron chi connectivity index (χ2n) is 7.83. The Hall–Kier alpha value is -4.39. The minimum atomic E-state index is -0.364. The summed E-state index contributed by atoms with van der Waals surface area (Å²) in [6.45, 7) is 4.19. The highest BCUT2D eigenvalue weighted by molar-refractivity contribution is 6.06. The van der Waals surface area contributed by atoms with Gasteiger partial charge in [0.2, 0.25) is 0 Å². The first-order valence-corrected chi connectivity index (χ1v) is 10.8. The molecule has 172 valence electrons. The van der Waals surface area contributed by atoms with Crippen LogP contribution in [0, 0.1) is 13.8 Å². The molecule has 0 spiro atoms. The number of aryl methyl sites for hydroxylation is 2. The first-order chi connectivity index (χ1) is 16.5. The lowest BCUT2D eigenvalue weighted by Crippen LogP contribution is -2.15. The molecule has 1 amide bonds. The van der Waals surface area contributed by atoms with Gasteiger partial charge in [-0.2, -0.15) is 0 Å². The fourth-order valence-corrected chi connectivity index (χ4v) is 3.70. The number of hydrogen-bond acceptors (Lipinski definition) is 6. The van der Waals surface area contributed by atoms with Gasteiger partial charge in [0.25, 0.3) is 5.91 Å². The number of esters is 1. The highest BCUT2D eigenvalue weighted by Gasteiger charge is 2.16. The lowest BCUT2D eigenvalue weighted by molar-refractivity contribution is 0.0601. The fourth-order valence-electron chi connectivity index (χ4n) is 3.70. The van der Waals surface area contributed by atoms with E-state index in [2.05, 4.69) is 15.8 Å². The normalized spacial score (nSPS) is 10.6. The molecule has 0 saturated heterocycles. The van der Waals surface area contributed by atoms with E-state index in [0.29, 0.717) is 29.1 Å². The summed E-state index contributed by atoms with van der Waals surface area (Å²) in [6, 6.07) is 21.1. The maximum Gasteiger partial charge on any atom is 0.338 e. The maximum absolute atomic E-state index is 12.7. The van der Waals surface area contributed by atoms with Gasteiger partial charge < -0.3 is 19.9 Å². The topological polar surface area (TPSA) is 93.5 Å². The number of methoxy groups -OCH3 is 1. The Bertz CT molecular complexity index is 1330. The zero-order chi connectivity index (χ0) is 24.1. The van der Waals surface area contributed by atoms with Crippen molar-refractivity contribution in [3.63, 3.8) is 0 Å². The molecule has 1 heterocycles. The Balaban J connectivity index is 1.50. The molecule has 2 N–H and O–H groups in total. The van der Waals surface area contributed by atoms with Crippen LogP contribution < -0.4 is 10.6 Å². The number of aromatic nitrogens is 1. The number of rotatable bonds is 7. The van der Waals surface area contributed by atoms with E-state index in [0.717, 1.165) is 27.9 Å². The number of nitrogens with zero attached hydrogens (tertiary/aromatic N) is 1. The molecule has 7 heteroatoms. The smallest absolute Gasteiger partial charge is 0.338 e. The van der Waals surface area contributed by atoms with Crippen molar-refractivity contribution in [2.45, 2.75) is 20.4 Å². The molecular formula is C27H25N3O4. The predicted octanol–water partition coefficient (Wildman–Crippen LogP) is 5.61. The van der Waals surface area contributed by atoms with Crippen LogP contribution in [0.2, 0.25) is 0 Å². The average molecular weight is 456 g/mol. The van der Waals surface area contributed by atoms with Crippen LogP contribution in [-0.4, -0.2) is 24.1 Å². The van der Waals surface area contributed by atoms with E-state index in [4.69, 9.17) is 9.26 Å². The van der Waals surface area contributed by atoms with Gasteiger partial charge in [0.05, 0.1) is 30.2 Å². The molecule has 0 saturated carbocycles. The van der Waals surface area contributed by atoms with Crippen LogP contribution in [0.15, 0.2) is 77.4 Å². The molecule has 0 fully saturated rings. The summed E-state index contributed by atoms with van der Waals surface area (Å²) in [5.74, 6) is -0.170. The SMILES string of the molecule is COC(=O)c1ccccc1-c1ccc(CNc2cccc(C)c2NC(=O)c2cnoc2C)cc1. The average Bonchev–Trinajstić information content (AvgIpc) is 3.30. The molecule has 4 aromatic rings. The summed E-state index contributed by atoms with van der Waals surface area (Å²) >= 11 is 0. The van der Waals surface area contributed by atoms with Gasteiger partial charge in [0.15, 0.2) is 0 Å². The van der Waals surface area contributed by atoms with Crippen molar-refractivity contribution in [1.29, 1.82) is 0 Å². The second-order valence-corrected chi connectivity index (χ2v) is 7.83. The Morgan fingerprint density at radius 2 is 1.71 bits per heavy atom. The lowest BCUT2D eigenvalue weighted by Gasteiger charge is -2.16. The summed E-state index contributed by atoms with van der Waals surface area (Å²) in [5, 5.41) is 10.0. The highest BCUT2D eigenvalue weighted by atomic mass is 16.5. The van der Waals surface area contributed by atoms with Crippen molar-refractivity contribution in [3.8, 4) is 11.1 Å². The van der Waals surface area contributed by atoms with Crippen molar-refractivity contribution in [3.05, 3.63) is 101 Å². The molecule has 0 bridgehead atoms. The third-order valence-corrected chi connectivity index (χ3v) is 5.59. The Labute approximate surface area is 197 Å². The van der Waals surface area contributed by atoms with E-state index in [1.54, 1.807) is 13.0 Å². The Kier molecular flexibility index (Phi) is 6.73. The zero-order valence-electron chi connectivity index (χ0n) is 19.2. The lowest BCUT2D eigenvalue weighted by atomic mass is 9.98. The standard InChI is InChI=1S/C27H25N3O4/c1-17-7-6-10-24(25(17)30-26(31)23-16-29-34-18(23)2)28-15-19-11-13-20(14-12-19)21-8-4-5-9-22(21)27(32)33-3/h4-14,16,28H,15H2,1-3H3,(H,30,31). The van der Waals surface area contributed by atoms with Gasteiger partial charge >= 0.3 is 5.97 Å². The molecule has 0 aliphatic carbocycles. The van der Waals surface area contributed by atoms with Crippen LogP contribution in [0.3, 0.4) is 0 Å². The third kappa shape index (κ3) is 4.83. The molecule has 0 atom stereocenters. The number of hydrogen-bond donors (Lipinski definition) is 2. The Morgan fingerprint density at radius 1 is 0.941 bits per heavy atom. The monoisotopic (exact) mass is 455 g/mol. The molecule has 4 rings (SSSR count). The number of anilines is 2. The molecule has 0 radical (unpaired) electrons. The summed E-state index contributed by atoms with van der Waals surface area (Å²) in [4.78, 5) is 24.8. The number of nitrogens with one attached hydrogen (secondary N) is 2. The van der Waals surface area contributed by atoms with Crippen LogP contribution in [0.25, 0.3) is 11.1 Å². The van der Waals surface area contributed by atoms with E-state index < -0.39 is 0 Å². The summed E-state index contributed by atoms with van der Waals surface area (Å²) in [6.07, 6.45) is 1.41. The fraction of sp³-hybridized carbons (Fsp3) is 0.148. The quantitative estimate of drug-likeness (QED) is 0.352. The maximum atomic E-state index is 12.7. The van der Waals surface area contributed by atoms with Crippen LogP contribution in [0.1, 0.15) is 37.6 Å². The van der Waals surface area contributed by atoms with Crippen LogP contribution in [0.5, 0.6) is 0 Å². The van der Waals surface area contributed by atoms with Gasteiger partial charge in [-0.3, -0.25) is 4.79 Å². The minimum Gasteiger partial charge on any atom is -0.465 e. The van der Waals surface area contributed by atoms with Gasteiger partial charge in [0.1, 0.15) is 11.3 Å². The van der Waals surface area contributed by atoms with E-state index >= 15 is 0 Å². The predicted molar refractivity (Wildman–Crippen MR) is 131 cm³/mol. The molecule has 7 nitrogen and oxygen atoms in total. The number of amides is 1. The van der Waals surface area contributed by atoms with E-state index in [-0.39, 0.29) is 11.9 Å².